The molecule has 37 heavy (non-hydrogen) atoms. The van der Waals surface area contributed by atoms with Crippen LogP contribution in [0.1, 0.15) is 94.5 Å². The average Bonchev–Trinajstić information content (AvgIpc) is 2.88. The molecule has 1 rings (SSSR count). The van der Waals surface area contributed by atoms with Crippen molar-refractivity contribution in [2.45, 2.75) is 91.0 Å². The largest absolute Gasteiger partial charge is 0.392 e. The maximum absolute atomic E-state index is 12.1. The van der Waals surface area contributed by atoms with E-state index < -0.39 is 5.79 Å². The minimum absolute atomic E-state index is 0.0198. The Bertz CT molecular complexity index is 837. The molecule has 1 aromatic rings. The summed E-state index contributed by atoms with van der Waals surface area (Å²) in [5, 5.41) is 14.7. The number of nitrogens with one attached hydrogen (secondary N) is 2. The number of aliphatic hydroxyl groups excluding tert-OH is 1. The van der Waals surface area contributed by atoms with Gasteiger partial charge in [-0.05, 0) is 64.2 Å². The van der Waals surface area contributed by atoms with Gasteiger partial charge < -0.3 is 25.2 Å². The molecule has 0 aliphatic rings. The number of hydrogen-bond donors (Lipinski definition) is 3. The third-order valence-electron chi connectivity index (χ3n) is 5.72. The second-order valence-electron chi connectivity index (χ2n) is 9.38. The lowest BCUT2D eigenvalue weighted by atomic mass is 10.1. The Morgan fingerprint density at radius 3 is 2.00 bits per heavy atom. The van der Waals surface area contributed by atoms with Crippen LogP contribution in [-0.4, -0.2) is 60.6 Å². The molecule has 2 amide bonds. The summed E-state index contributed by atoms with van der Waals surface area (Å²) in [6, 6.07) is 6.80. The van der Waals surface area contributed by atoms with E-state index in [9.17, 15) is 19.2 Å². The van der Waals surface area contributed by atoms with Gasteiger partial charge in [0, 0.05) is 57.4 Å². The number of hydrogen-bond acceptors (Lipinski definition) is 7. The highest BCUT2D eigenvalue weighted by molar-refractivity contribution is 5.94. The van der Waals surface area contributed by atoms with E-state index in [4.69, 9.17) is 14.6 Å². The lowest BCUT2D eigenvalue weighted by molar-refractivity contribution is -0.211. The number of unbranched alkanes of at least 4 members (excludes halogenated alkanes) is 2. The molecule has 0 spiro atoms. The summed E-state index contributed by atoms with van der Waals surface area (Å²) < 4.78 is 11.0. The van der Waals surface area contributed by atoms with Crippen molar-refractivity contribution in [3.8, 4) is 0 Å². The number of aliphatic hydroxyl groups is 1. The minimum Gasteiger partial charge on any atom is -0.392 e. The van der Waals surface area contributed by atoms with Crippen LogP contribution in [0.4, 0.5) is 0 Å². The Kier molecular flexibility index (Phi) is 16.3. The molecule has 208 valence electrons. The molecular weight excluding hydrogens is 476 g/mol. The van der Waals surface area contributed by atoms with Crippen molar-refractivity contribution >= 4 is 23.4 Å². The Balaban J connectivity index is 2.01. The molecule has 0 saturated carbocycles. The van der Waals surface area contributed by atoms with Crippen LogP contribution in [0.5, 0.6) is 0 Å². The van der Waals surface area contributed by atoms with Gasteiger partial charge in [-0.3, -0.25) is 19.2 Å². The molecule has 0 radical (unpaired) electrons. The number of Topliss-reactive ketones (excluding diaryl/α,β-unsaturated/α-hetero) is 2. The number of ketones is 2. The van der Waals surface area contributed by atoms with E-state index in [0.29, 0.717) is 44.7 Å². The van der Waals surface area contributed by atoms with E-state index in [-0.39, 0.29) is 55.7 Å². The van der Waals surface area contributed by atoms with Crippen molar-refractivity contribution in [1.29, 1.82) is 0 Å². The summed E-state index contributed by atoms with van der Waals surface area (Å²) in [6.45, 7) is 7.53. The van der Waals surface area contributed by atoms with Gasteiger partial charge in [-0.15, -0.1) is 0 Å². The topological polar surface area (TPSA) is 131 Å². The van der Waals surface area contributed by atoms with Gasteiger partial charge in [-0.1, -0.05) is 12.1 Å². The van der Waals surface area contributed by atoms with Crippen LogP contribution in [0.25, 0.3) is 0 Å². The highest BCUT2D eigenvalue weighted by atomic mass is 16.7. The quantitative estimate of drug-likeness (QED) is 0.167. The van der Waals surface area contributed by atoms with Crippen molar-refractivity contribution in [1.82, 2.24) is 10.6 Å². The van der Waals surface area contributed by atoms with Gasteiger partial charge in [0.25, 0.3) is 5.91 Å². The summed E-state index contributed by atoms with van der Waals surface area (Å²) in [4.78, 5) is 48.0. The van der Waals surface area contributed by atoms with Gasteiger partial charge in [0.05, 0.1) is 13.2 Å². The molecule has 0 saturated heterocycles. The van der Waals surface area contributed by atoms with Gasteiger partial charge in [0.15, 0.2) is 5.79 Å². The molecule has 3 N–H and O–H groups in total. The van der Waals surface area contributed by atoms with Crippen molar-refractivity contribution in [2.75, 3.05) is 26.3 Å². The van der Waals surface area contributed by atoms with Gasteiger partial charge in [0.1, 0.15) is 11.6 Å². The predicted molar refractivity (Wildman–Crippen MR) is 141 cm³/mol. The fourth-order valence-corrected chi connectivity index (χ4v) is 3.57. The van der Waals surface area contributed by atoms with Crippen molar-refractivity contribution < 1.29 is 33.8 Å². The SMILES string of the molecule is CCOC(C)(C)OCCCC(=O)CCC(=O)CCC(=O)NCCCCCNC(=O)c1ccc(CO)cc1. The Morgan fingerprint density at radius 2 is 1.38 bits per heavy atom. The molecule has 0 aliphatic heterocycles. The first-order valence-electron chi connectivity index (χ1n) is 13.2. The molecule has 0 fully saturated rings. The zero-order valence-corrected chi connectivity index (χ0v) is 22.6. The van der Waals surface area contributed by atoms with E-state index in [1.165, 1.54) is 0 Å². The van der Waals surface area contributed by atoms with E-state index in [1.807, 2.05) is 20.8 Å². The highest BCUT2D eigenvalue weighted by Crippen LogP contribution is 2.12. The number of rotatable bonds is 21. The normalized spacial score (nSPS) is 11.2. The van der Waals surface area contributed by atoms with Crippen LogP contribution >= 0.6 is 0 Å². The zero-order valence-electron chi connectivity index (χ0n) is 22.6. The number of benzene rings is 1. The number of ether oxygens (including phenoxy) is 2. The Morgan fingerprint density at radius 1 is 0.784 bits per heavy atom. The Labute approximate surface area is 220 Å². The van der Waals surface area contributed by atoms with E-state index in [1.54, 1.807) is 24.3 Å². The summed E-state index contributed by atoms with van der Waals surface area (Å²) in [5.41, 5.74) is 1.31. The molecule has 9 nitrogen and oxygen atoms in total. The molecule has 0 atom stereocenters. The highest BCUT2D eigenvalue weighted by Gasteiger charge is 2.17. The molecule has 0 aliphatic carbocycles. The summed E-state index contributed by atoms with van der Waals surface area (Å²) in [6.07, 6.45) is 3.97. The molecule has 0 heterocycles. The van der Waals surface area contributed by atoms with Gasteiger partial charge in [-0.25, -0.2) is 0 Å². The first-order chi connectivity index (χ1) is 17.7. The Hall–Kier alpha value is -2.62. The number of carbonyl (C=O) groups excluding carboxylic acids is 4. The predicted octanol–water partition coefficient (Wildman–Crippen LogP) is 3.46. The second-order valence-corrected chi connectivity index (χ2v) is 9.38. The summed E-state index contributed by atoms with van der Waals surface area (Å²) >= 11 is 0. The monoisotopic (exact) mass is 520 g/mol. The summed E-state index contributed by atoms with van der Waals surface area (Å²) in [5.74, 6) is -1.06. The van der Waals surface area contributed by atoms with Crippen LogP contribution in [0.15, 0.2) is 24.3 Å². The standard InChI is InChI=1S/C28H44N2O7/c1-4-36-28(2,3)37-20-8-9-24(32)14-15-25(33)16-17-26(34)29-18-6-5-7-19-30-27(35)23-12-10-22(21-31)11-13-23/h10-13,31H,4-9,14-21H2,1-3H3,(H,29,34)(H,30,35). The first kappa shape index (κ1) is 32.4. The van der Waals surface area contributed by atoms with Crippen LogP contribution < -0.4 is 10.6 Å². The van der Waals surface area contributed by atoms with Crippen molar-refractivity contribution in [3.63, 3.8) is 0 Å². The van der Waals surface area contributed by atoms with Crippen molar-refractivity contribution in [2.24, 2.45) is 0 Å². The van der Waals surface area contributed by atoms with E-state index in [0.717, 1.165) is 24.8 Å². The van der Waals surface area contributed by atoms with Crippen molar-refractivity contribution in [3.05, 3.63) is 35.4 Å². The van der Waals surface area contributed by atoms with Crippen LogP contribution in [-0.2, 0) is 30.5 Å². The van der Waals surface area contributed by atoms with Gasteiger partial charge in [-0.2, -0.15) is 0 Å². The van der Waals surface area contributed by atoms with Crippen LogP contribution in [0.3, 0.4) is 0 Å². The smallest absolute Gasteiger partial charge is 0.251 e. The lowest BCUT2D eigenvalue weighted by Crippen LogP contribution is -2.28. The molecular formula is C28H44N2O7. The molecule has 0 unspecified atom stereocenters. The average molecular weight is 521 g/mol. The second kappa shape index (κ2) is 18.6. The fourth-order valence-electron chi connectivity index (χ4n) is 3.57. The molecule has 9 heteroatoms. The maximum atomic E-state index is 12.1. The van der Waals surface area contributed by atoms with Gasteiger partial charge >= 0.3 is 0 Å². The molecule has 1 aromatic carbocycles. The third-order valence-corrected chi connectivity index (χ3v) is 5.72. The first-order valence-corrected chi connectivity index (χ1v) is 13.2. The minimum atomic E-state index is -0.665. The van der Waals surface area contributed by atoms with Crippen LogP contribution in [0, 0.1) is 0 Å². The zero-order chi connectivity index (χ0) is 27.5. The van der Waals surface area contributed by atoms with Crippen LogP contribution in [0.2, 0.25) is 0 Å². The number of amides is 2. The lowest BCUT2D eigenvalue weighted by Gasteiger charge is -2.24. The molecule has 0 bridgehead atoms. The van der Waals surface area contributed by atoms with E-state index >= 15 is 0 Å². The maximum Gasteiger partial charge on any atom is 0.251 e. The van der Waals surface area contributed by atoms with Gasteiger partial charge in [0.2, 0.25) is 5.91 Å². The number of carbonyl (C=O) groups is 4. The molecule has 0 aromatic heterocycles. The summed E-state index contributed by atoms with van der Waals surface area (Å²) in [7, 11) is 0. The third kappa shape index (κ3) is 16.0. The van der Waals surface area contributed by atoms with E-state index in [2.05, 4.69) is 10.6 Å². The fraction of sp³-hybridized carbons (Fsp3) is 0.643.